The average Bonchev–Trinajstić information content (AvgIpc) is 2.68. The minimum atomic E-state index is -3.58. The summed E-state index contributed by atoms with van der Waals surface area (Å²) in [4.78, 5) is 0.270. The van der Waals surface area contributed by atoms with Gasteiger partial charge in [0.25, 0.3) is 0 Å². The van der Waals surface area contributed by atoms with E-state index in [-0.39, 0.29) is 16.3 Å². The molecule has 3 N–H and O–H groups in total. The Morgan fingerprint density at radius 3 is 1.77 bits per heavy atom. The van der Waals surface area contributed by atoms with Crippen LogP contribution in [0.15, 0.2) is 53.4 Å². The second-order valence-corrected chi connectivity index (χ2v) is 11.5. The zero-order valence-corrected chi connectivity index (χ0v) is 18.7. The molecule has 4 saturated carbocycles. The van der Waals surface area contributed by atoms with E-state index in [1.807, 2.05) is 0 Å². The number of hydrogen-bond acceptors (Lipinski definition) is 3. The van der Waals surface area contributed by atoms with E-state index < -0.39 is 10.0 Å². The summed E-state index contributed by atoms with van der Waals surface area (Å²) in [6.07, 6.45) is 6.73. The Balaban J connectivity index is 1.24. The number of benzene rings is 2. The quantitative estimate of drug-likeness (QED) is 0.556. The normalized spacial score (nSPS) is 29.0. The summed E-state index contributed by atoms with van der Waals surface area (Å²) < 4.78 is 42.3. The summed E-state index contributed by atoms with van der Waals surface area (Å²) >= 11 is 5.28. The van der Waals surface area contributed by atoms with Crippen LogP contribution in [0.1, 0.15) is 38.5 Å². The fourth-order valence-electron chi connectivity index (χ4n) is 6.12. The Kier molecular flexibility index (Phi) is 5.27. The van der Waals surface area contributed by atoms with Crippen LogP contribution in [-0.2, 0) is 10.0 Å². The highest BCUT2D eigenvalue weighted by Gasteiger charge is 2.52. The highest BCUT2D eigenvalue weighted by molar-refractivity contribution is 7.89. The van der Waals surface area contributed by atoms with Gasteiger partial charge in [0.1, 0.15) is 5.82 Å². The number of anilines is 2. The summed E-state index contributed by atoms with van der Waals surface area (Å²) in [6.45, 7) is 0. The third-order valence-corrected chi connectivity index (χ3v) is 8.71. The number of hydrogen-bond donors (Lipinski definition) is 3. The lowest BCUT2D eigenvalue weighted by Gasteiger charge is -2.56. The standard InChI is InChI=1S/C23H26FN3O2S2/c24-18-1-3-19(4-2-18)25-22(30)26-20-5-7-21(8-6-20)31(28,29)27-23-12-15-9-16(13-23)11-17(10-15)14-23/h1-8,15-17,27H,9-14H2,(H2,25,26,30). The van der Waals surface area contributed by atoms with Gasteiger partial charge in [0.2, 0.25) is 10.0 Å². The molecule has 4 aliphatic rings. The fraction of sp³-hybridized carbons (Fsp3) is 0.435. The topological polar surface area (TPSA) is 70.2 Å². The van der Waals surface area contributed by atoms with Gasteiger partial charge in [-0.3, -0.25) is 0 Å². The predicted octanol–water partition coefficient (Wildman–Crippen LogP) is 4.88. The van der Waals surface area contributed by atoms with Crippen LogP contribution in [0.4, 0.5) is 15.8 Å². The van der Waals surface area contributed by atoms with E-state index in [0.29, 0.717) is 34.2 Å². The smallest absolute Gasteiger partial charge is 0.241 e. The molecule has 0 amide bonds. The maximum atomic E-state index is 13.1. The van der Waals surface area contributed by atoms with Crippen LogP contribution < -0.4 is 15.4 Å². The highest BCUT2D eigenvalue weighted by atomic mass is 32.2. The van der Waals surface area contributed by atoms with E-state index >= 15 is 0 Å². The van der Waals surface area contributed by atoms with Gasteiger partial charge in [-0.15, -0.1) is 0 Å². The number of thiocarbonyl (C=S) groups is 1. The number of halogens is 1. The van der Waals surface area contributed by atoms with Crippen LogP contribution >= 0.6 is 12.2 Å². The van der Waals surface area contributed by atoms with Crippen molar-refractivity contribution in [1.29, 1.82) is 0 Å². The van der Waals surface area contributed by atoms with Crippen molar-refractivity contribution in [2.24, 2.45) is 17.8 Å². The average molecular weight is 460 g/mol. The third kappa shape index (κ3) is 4.47. The van der Waals surface area contributed by atoms with Gasteiger partial charge in [-0.1, -0.05) is 0 Å². The highest BCUT2D eigenvalue weighted by Crippen LogP contribution is 2.55. The molecule has 5 nitrogen and oxygen atoms in total. The molecule has 0 saturated heterocycles. The monoisotopic (exact) mass is 459 g/mol. The zero-order chi connectivity index (χ0) is 21.6. The number of nitrogens with one attached hydrogen (secondary N) is 3. The molecule has 164 valence electrons. The van der Waals surface area contributed by atoms with Gasteiger partial charge in [-0.25, -0.2) is 17.5 Å². The van der Waals surface area contributed by atoms with Crippen LogP contribution in [0.5, 0.6) is 0 Å². The Hall–Kier alpha value is -2.03. The Morgan fingerprint density at radius 2 is 1.29 bits per heavy atom. The molecule has 0 spiro atoms. The molecule has 6 rings (SSSR count). The Morgan fingerprint density at radius 1 is 0.839 bits per heavy atom. The molecule has 8 heteroatoms. The van der Waals surface area contributed by atoms with Gasteiger partial charge in [0.05, 0.1) is 4.90 Å². The van der Waals surface area contributed by atoms with E-state index in [1.54, 1.807) is 36.4 Å². The van der Waals surface area contributed by atoms with Crippen LogP contribution in [-0.4, -0.2) is 19.1 Å². The molecule has 4 aliphatic carbocycles. The maximum Gasteiger partial charge on any atom is 0.241 e. The van der Waals surface area contributed by atoms with E-state index in [0.717, 1.165) is 19.3 Å². The minimum Gasteiger partial charge on any atom is -0.332 e. The largest absolute Gasteiger partial charge is 0.332 e. The summed E-state index contributed by atoms with van der Waals surface area (Å²) in [5.74, 6) is 1.71. The van der Waals surface area contributed by atoms with Crippen LogP contribution in [0.25, 0.3) is 0 Å². The molecule has 2 aromatic rings. The second-order valence-electron chi connectivity index (χ2n) is 9.41. The van der Waals surface area contributed by atoms with Crippen molar-refractivity contribution in [2.45, 2.75) is 49.0 Å². The lowest BCUT2D eigenvalue weighted by atomic mass is 9.53. The summed E-state index contributed by atoms with van der Waals surface area (Å²) in [6, 6.07) is 12.5. The first-order valence-corrected chi connectivity index (χ1v) is 12.7. The number of sulfonamides is 1. The lowest BCUT2D eigenvalue weighted by molar-refractivity contribution is -0.00810. The van der Waals surface area contributed by atoms with Gasteiger partial charge in [-0.05, 0) is 117 Å². The molecule has 0 aliphatic heterocycles. The molecule has 4 fully saturated rings. The second kappa shape index (κ2) is 7.83. The van der Waals surface area contributed by atoms with Gasteiger partial charge >= 0.3 is 0 Å². The van der Waals surface area contributed by atoms with E-state index in [9.17, 15) is 12.8 Å². The van der Waals surface area contributed by atoms with Crippen molar-refractivity contribution in [3.05, 3.63) is 54.3 Å². The molecule has 0 radical (unpaired) electrons. The van der Waals surface area contributed by atoms with Gasteiger partial charge in [-0.2, -0.15) is 0 Å². The first-order chi connectivity index (χ1) is 14.8. The molecular formula is C23H26FN3O2S2. The lowest BCUT2D eigenvalue weighted by Crippen LogP contribution is -2.59. The summed E-state index contributed by atoms with van der Waals surface area (Å²) in [5, 5.41) is 6.33. The van der Waals surface area contributed by atoms with Crippen LogP contribution in [0.2, 0.25) is 0 Å². The first kappa shape index (κ1) is 20.8. The zero-order valence-electron chi connectivity index (χ0n) is 17.1. The minimum absolute atomic E-state index is 0.259. The van der Waals surface area contributed by atoms with Gasteiger partial charge < -0.3 is 10.6 Å². The fourth-order valence-corrected chi connectivity index (χ4v) is 7.79. The molecule has 4 bridgehead atoms. The van der Waals surface area contributed by atoms with Crippen molar-refractivity contribution < 1.29 is 12.8 Å². The van der Waals surface area contributed by atoms with Crippen molar-refractivity contribution >= 4 is 38.7 Å². The molecule has 0 unspecified atom stereocenters. The molecule has 0 atom stereocenters. The molecular weight excluding hydrogens is 433 g/mol. The van der Waals surface area contributed by atoms with Crippen molar-refractivity contribution in [3.8, 4) is 0 Å². The molecule has 0 heterocycles. The molecule has 31 heavy (non-hydrogen) atoms. The summed E-state index contributed by atoms with van der Waals surface area (Å²) in [7, 11) is -3.58. The van der Waals surface area contributed by atoms with Crippen molar-refractivity contribution in [1.82, 2.24) is 4.72 Å². The Bertz CT molecular complexity index is 1050. The third-order valence-electron chi connectivity index (χ3n) is 6.91. The van der Waals surface area contributed by atoms with E-state index in [1.165, 1.54) is 31.4 Å². The van der Waals surface area contributed by atoms with Crippen molar-refractivity contribution in [3.63, 3.8) is 0 Å². The van der Waals surface area contributed by atoms with Gasteiger partial charge in [0.15, 0.2) is 5.11 Å². The summed E-state index contributed by atoms with van der Waals surface area (Å²) in [5.41, 5.74) is 1.08. The predicted molar refractivity (Wildman–Crippen MR) is 124 cm³/mol. The van der Waals surface area contributed by atoms with E-state index in [4.69, 9.17) is 12.2 Å². The van der Waals surface area contributed by atoms with Gasteiger partial charge in [0, 0.05) is 16.9 Å². The van der Waals surface area contributed by atoms with E-state index in [2.05, 4.69) is 15.4 Å². The molecule has 0 aromatic heterocycles. The first-order valence-electron chi connectivity index (χ1n) is 10.8. The number of rotatable bonds is 5. The van der Waals surface area contributed by atoms with Crippen molar-refractivity contribution in [2.75, 3.05) is 10.6 Å². The van der Waals surface area contributed by atoms with Crippen LogP contribution in [0, 0.1) is 23.6 Å². The maximum absolute atomic E-state index is 13.1. The Labute approximate surface area is 187 Å². The molecule has 2 aromatic carbocycles. The van der Waals surface area contributed by atoms with Crippen LogP contribution in [0.3, 0.4) is 0 Å². The SMILES string of the molecule is O=S(=O)(NC12CC3CC(CC(C3)C1)C2)c1ccc(NC(=S)Nc2ccc(F)cc2)cc1.